The third kappa shape index (κ3) is 2.06. The number of H-pyrrole nitrogens is 1. The fraction of sp³-hybridized carbons (Fsp3) is 0. The second-order valence-corrected chi connectivity index (χ2v) is 4.02. The van der Waals surface area contributed by atoms with Gasteiger partial charge in [0.25, 0.3) is 0 Å². The van der Waals surface area contributed by atoms with Gasteiger partial charge in [-0.25, -0.2) is 36.9 Å². The minimum atomic E-state index is -2.24. The predicted octanol–water partition coefficient (Wildman–Crippen LogP) is 2.49. The molecule has 3 aromatic rings. The van der Waals surface area contributed by atoms with Crippen LogP contribution < -0.4 is 10.9 Å². The van der Waals surface area contributed by atoms with E-state index in [0.717, 1.165) is 6.33 Å². The zero-order chi connectivity index (χ0) is 15.9. The van der Waals surface area contributed by atoms with Gasteiger partial charge in [0.1, 0.15) is 17.5 Å². The molecule has 6 nitrogen and oxygen atoms in total. The molecule has 0 amide bonds. The summed E-state index contributed by atoms with van der Waals surface area (Å²) >= 11 is 0. The van der Waals surface area contributed by atoms with Crippen molar-refractivity contribution >= 4 is 22.7 Å². The molecule has 1 aromatic carbocycles. The molecule has 0 unspecified atom stereocenters. The van der Waals surface area contributed by atoms with Gasteiger partial charge in [-0.05, 0) is 0 Å². The maximum atomic E-state index is 13.5. The quantitative estimate of drug-likeness (QED) is 0.299. The molecule has 0 aliphatic carbocycles. The van der Waals surface area contributed by atoms with E-state index in [1.807, 2.05) is 5.43 Å². The molecular weight excluding hydrogens is 311 g/mol. The largest absolute Gasteiger partial charge is 0.340 e. The Labute approximate surface area is 118 Å². The number of rotatable bonds is 3. The SMILES string of the molecule is Fc1c(F)c(F)c(NNc2ncnc3nc[nH]c23)c(F)c1F. The summed E-state index contributed by atoms with van der Waals surface area (Å²) < 4.78 is 66.0. The number of fused-ring (bicyclic) bond motifs is 1. The number of aromatic amines is 1. The van der Waals surface area contributed by atoms with E-state index in [0.29, 0.717) is 0 Å². The zero-order valence-corrected chi connectivity index (χ0v) is 10.4. The van der Waals surface area contributed by atoms with Gasteiger partial charge in [0, 0.05) is 0 Å². The first kappa shape index (κ1) is 14.0. The van der Waals surface area contributed by atoms with Crippen LogP contribution in [0.25, 0.3) is 11.2 Å². The van der Waals surface area contributed by atoms with E-state index in [1.54, 1.807) is 0 Å². The number of hydrazine groups is 1. The molecule has 0 spiro atoms. The van der Waals surface area contributed by atoms with Gasteiger partial charge in [-0.1, -0.05) is 0 Å². The number of halogens is 5. The Morgan fingerprint density at radius 3 is 2.09 bits per heavy atom. The van der Waals surface area contributed by atoms with Gasteiger partial charge >= 0.3 is 0 Å². The average molecular weight is 316 g/mol. The fourth-order valence-electron chi connectivity index (χ4n) is 1.70. The van der Waals surface area contributed by atoms with Crippen molar-refractivity contribution in [3.05, 3.63) is 41.7 Å². The van der Waals surface area contributed by atoms with Crippen LogP contribution >= 0.6 is 0 Å². The molecule has 2 heterocycles. The van der Waals surface area contributed by atoms with Crippen LogP contribution in [0, 0.1) is 29.1 Å². The number of anilines is 2. The first-order valence-corrected chi connectivity index (χ1v) is 5.68. The number of nitrogens with zero attached hydrogens (tertiary/aromatic N) is 3. The first-order valence-electron chi connectivity index (χ1n) is 5.68. The van der Waals surface area contributed by atoms with Gasteiger partial charge in [0.2, 0.25) is 5.82 Å². The summed E-state index contributed by atoms with van der Waals surface area (Å²) in [4.78, 5) is 14.0. The van der Waals surface area contributed by atoms with Crippen LogP contribution in [0.1, 0.15) is 0 Å². The normalized spacial score (nSPS) is 11.0. The highest BCUT2D eigenvalue weighted by molar-refractivity contribution is 5.82. The molecule has 3 rings (SSSR count). The first-order chi connectivity index (χ1) is 10.5. The molecule has 3 N–H and O–H groups in total. The third-order valence-corrected chi connectivity index (χ3v) is 2.74. The molecule has 22 heavy (non-hydrogen) atoms. The highest BCUT2D eigenvalue weighted by Crippen LogP contribution is 2.27. The number of benzene rings is 1. The van der Waals surface area contributed by atoms with Crippen LogP contribution in [0.5, 0.6) is 0 Å². The molecule has 11 heteroatoms. The maximum Gasteiger partial charge on any atom is 0.200 e. The van der Waals surface area contributed by atoms with Crippen molar-refractivity contribution in [2.24, 2.45) is 0 Å². The van der Waals surface area contributed by atoms with E-state index >= 15 is 0 Å². The average Bonchev–Trinajstić information content (AvgIpc) is 3.00. The van der Waals surface area contributed by atoms with Crippen molar-refractivity contribution in [1.29, 1.82) is 0 Å². The summed E-state index contributed by atoms with van der Waals surface area (Å²) in [6.45, 7) is 0. The van der Waals surface area contributed by atoms with E-state index in [-0.39, 0.29) is 17.0 Å². The van der Waals surface area contributed by atoms with E-state index in [1.165, 1.54) is 6.33 Å². The lowest BCUT2D eigenvalue weighted by Crippen LogP contribution is -2.16. The Hall–Kier alpha value is -2.98. The van der Waals surface area contributed by atoms with Crippen LogP contribution in [0.3, 0.4) is 0 Å². The molecule has 0 bridgehead atoms. The smallest absolute Gasteiger partial charge is 0.200 e. The molecule has 0 aliphatic heterocycles. The van der Waals surface area contributed by atoms with Crippen LogP contribution in [0.4, 0.5) is 33.5 Å². The topological polar surface area (TPSA) is 78.5 Å². The van der Waals surface area contributed by atoms with E-state index in [4.69, 9.17) is 0 Å². The Bertz CT molecular complexity index is 835. The molecule has 0 saturated heterocycles. The molecular formula is C11H5F5N6. The van der Waals surface area contributed by atoms with Crippen molar-refractivity contribution in [1.82, 2.24) is 19.9 Å². The second kappa shape index (κ2) is 5.09. The van der Waals surface area contributed by atoms with Crippen molar-refractivity contribution in [2.75, 3.05) is 10.9 Å². The second-order valence-electron chi connectivity index (χ2n) is 4.02. The van der Waals surface area contributed by atoms with Crippen LogP contribution in [0.2, 0.25) is 0 Å². The predicted molar refractivity (Wildman–Crippen MR) is 65.2 cm³/mol. The van der Waals surface area contributed by atoms with Crippen molar-refractivity contribution < 1.29 is 22.0 Å². The van der Waals surface area contributed by atoms with Gasteiger partial charge in [-0.2, -0.15) is 0 Å². The standard InChI is InChI=1S/C11H5F5N6/c12-3-4(13)6(15)8(7(16)5(3)14)21-22-11-9-10(18-1-17-9)19-2-20-11/h1-2,21H,(H2,17,18,19,20,22). The number of hydrogen-bond acceptors (Lipinski definition) is 5. The lowest BCUT2D eigenvalue weighted by atomic mass is 10.2. The maximum absolute atomic E-state index is 13.5. The summed E-state index contributed by atoms with van der Waals surface area (Å²) in [6, 6.07) is 0. The van der Waals surface area contributed by atoms with E-state index in [2.05, 4.69) is 25.4 Å². The minimum Gasteiger partial charge on any atom is -0.340 e. The third-order valence-electron chi connectivity index (χ3n) is 2.74. The van der Waals surface area contributed by atoms with Crippen molar-refractivity contribution in [3.63, 3.8) is 0 Å². The van der Waals surface area contributed by atoms with Gasteiger partial charge in [-0.3, -0.25) is 10.9 Å². The number of hydrogen-bond donors (Lipinski definition) is 3. The Morgan fingerprint density at radius 1 is 0.773 bits per heavy atom. The minimum absolute atomic E-state index is 0.00596. The lowest BCUT2D eigenvalue weighted by Gasteiger charge is -2.12. The van der Waals surface area contributed by atoms with Crippen molar-refractivity contribution in [2.45, 2.75) is 0 Å². The zero-order valence-electron chi connectivity index (χ0n) is 10.4. The molecule has 0 radical (unpaired) electrons. The van der Waals surface area contributed by atoms with Gasteiger partial charge in [0.15, 0.2) is 34.7 Å². The Kier molecular flexibility index (Phi) is 3.23. The molecule has 0 atom stereocenters. The Balaban J connectivity index is 1.96. The molecule has 0 fully saturated rings. The van der Waals surface area contributed by atoms with Crippen molar-refractivity contribution in [3.8, 4) is 0 Å². The number of nitrogens with one attached hydrogen (secondary N) is 3. The van der Waals surface area contributed by atoms with Crippen LogP contribution in [-0.2, 0) is 0 Å². The Morgan fingerprint density at radius 2 is 1.41 bits per heavy atom. The number of aromatic nitrogens is 4. The highest BCUT2D eigenvalue weighted by Gasteiger charge is 2.25. The fourth-order valence-corrected chi connectivity index (χ4v) is 1.70. The molecule has 2 aromatic heterocycles. The number of imidazole rings is 1. The lowest BCUT2D eigenvalue weighted by molar-refractivity contribution is 0.381. The van der Waals surface area contributed by atoms with Gasteiger partial charge < -0.3 is 4.98 Å². The molecule has 0 saturated carbocycles. The monoisotopic (exact) mass is 316 g/mol. The molecule has 0 aliphatic rings. The van der Waals surface area contributed by atoms with Gasteiger partial charge in [-0.15, -0.1) is 0 Å². The van der Waals surface area contributed by atoms with Crippen LogP contribution in [-0.4, -0.2) is 19.9 Å². The summed E-state index contributed by atoms with van der Waals surface area (Å²) in [5, 5.41) is 0. The summed E-state index contributed by atoms with van der Waals surface area (Å²) in [5.74, 6) is -10.3. The molecule has 114 valence electrons. The summed E-state index contributed by atoms with van der Waals surface area (Å²) in [7, 11) is 0. The van der Waals surface area contributed by atoms with E-state index < -0.39 is 34.8 Å². The van der Waals surface area contributed by atoms with Gasteiger partial charge in [0.05, 0.1) is 6.33 Å². The summed E-state index contributed by atoms with van der Waals surface area (Å²) in [6.07, 6.45) is 2.40. The van der Waals surface area contributed by atoms with E-state index in [9.17, 15) is 22.0 Å². The van der Waals surface area contributed by atoms with Crippen LogP contribution in [0.15, 0.2) is 12.7 Å². The summed E-state index contributed by atoms with van der Waals surface area (Å²) in [5.41, 5.74) is 3.43. The highest BCUT2D eigenvalue weighted by atomic mass is 19.2.